The molecule has 2 nitrogen and oxygen atoms in total. The molecule has 0 radical (unpaired) electrons. The molecule has 2 aliphatic rings. The summed E-state index contributed by atoms with van der Waals surface area (Å²) in [5, 5.41) is 0.857. The summed E-state index contributed by atoms with van der Waals surface area (Å²) >= 11 is 2.13. The Labute approximate surface area is 91.6 Å². The Hall–Kier alpha value is 0.270. The van der Waals surface area contributed by atoms with Crippen LogP contribution in [0.5, 0.6) is 0 Å². The lowest BCUT2D eigenvalue weighted by Crippen LogP contribution is -2.36. The molecule has 14 heavy (non-hydrogen) atoms. The fourth-order valence-electron chi connectivity index (χ4n) is 2.60. The van der Waals surface area contributed by atoms with Gasteiger partial charge in [0, 0.05) is 29.6 Å². The number of hydrogen-bond acceptors (Lipinski definition) is 3. The minimum atomic E-state index is 0.480. The van der Waals surface area contributed by atoms with Crippen molar-refractivity contribution in [2.75, 3.05) is 18.8 Å². The van der Waals surface area contributed by atoms with Crippen molar-refractivity contribution in [3.05, 3.63) is 0 Å². The second-order valence-corrected chi connectivity index (χ2v) is 6.28. The fraction of sp³-hybridized carbons (Fsp3) is 1.00. The van der Waals surface area contributed by atoms with Gasteiger partial charge in [0.2, 0.25) is 0 Å². The summed E-state index contributed by atoms with van der Waals surface area (Å²) < 4.78 is 0. The van der Waals surface area contributed by atoms with Gasteiger partial charge in [0.25, 0.3) is 0 Å². The van der Waals surface area contributed by atoms with Gasteiger partial charge in [-0.15, -0.1) is 0 Å². The highest BCUT2D eigenvalue weighted by molar-refractivity contribution is 7.99. The van der Waals surface area contributed by atoms with E-state index in [2.05, 4.69) is 23.6 Å². The van der Waals surface area contributed by atoms with Crippen LogP contribution in [-0.2, 0) is 0 Å². The van der Waals surface area contributed by atoms with Gasteiger partial charge < -0.3 is 5.73 Å². The van der Waals surface area contributed by atoms with Gasteiger partial charge in [-0.3, -0.25) is 4.90 Å². The van der Waals surface area contributed by atoms with E-state index in [-0.39, 0.29) is 0 Å². The smallest absolute Gasteiger partial charge is 0.0111 e. The first-order chi connectivity index (χ1) is 6.75. The second-order valence-electron chi connectivity index (χ2n) is 4.73. The van der Waals surface area contributed by atoms with Crippen LogP contribution in [-0.4, -0.2) is 41.1 Å². The summed E-state index contributed by atoms with van der Waals surface area (Å²) in [6.45, 7) is 4.94. The van der Waals surface area contributed by atoms with E-state index < -0.39 is 0 Å². The van der Waals surface area contributed by atoms with Crippen molar-refractivity contribution in [3.63, 3.8) is 0 Å². The molecule has 0 amide bonds. The highest BCUT2D eigenvalue weighted by atomic mass is 32.2. The molecule has 1 heterocycles. The monoisotopic (exact) mass is 214 g/mol. The van der Waals surface area contributed by atoms with E-state index in [0.717, 1.165) is 11.3 Å². The number of nitrogens with zero attached hydrogens (tertiary/aromatic N) is 1. The summed E-state index contributed by atoms with van der Waals surface area (Å²) in [7, 11) is 0. The Morgan fingerprint density at radius 1 is 1.21 bits per heavy atom. The summed E-state index contributed by atoms with van der Waals surface area (Å²) in [6.07, 6.45) is 5.17. The molecule has 3 heteroatoms. The predicted octanol–water partition coefficient (Wildman–Crippen LogP) is 1.69. The number of rotatable bonds is 1. The third kappa shape index (κ3) is 2.65. The van der Waals surface area contributed by atoms with Gasteiger partial charge in [-0.25, -0.2) is 0 Å². The largest absolute Gasteiger partial charge is 0.328 e. The van der Waals surface area contributed by atoms with Crippen molar-refractivity contribution < 1.29 is 0 Å². The normalized spacial score (nSPS) is 41.1. The maximum Gasteiger partial charge on any atom is 0.0111 e. The van der Waals surface area contributed by atoms with Gasteiger partial charge >= 0.3 is 0 Å². The molecule has 1 aliphatic carbocycles. The SMILES string of the molecule is CC1CCN(C2CCC(N)C2)CCS1. The minimum absolute atomic E-state index is 0.480. The van der Waals surface area contributed by atoms with E-state index in [9.17, 15) is 0 Å². The number of nitrogens with two attached hydrogens (primary N) is 1. The molecular formula is C11H22N2S. The van der Waals surface area contributed by atoms with Gasteiger partial charge in [0.15, 0.2) is 0 Å². The average molecular weight is 214 g/mol. The molecule has 3 atom stereocenters. The highest BCUT2D eigenvalue weighted by Gasteiger charge is 2.28. The lowest BCUT2D eigenvalue weighted by Gasteiger charge is -2.26. The summed E-state index contributed by atoms with van der Waals surface area (Å²) in [6, 6.07) is 1.28. The molecule has 1 aliphatic heterocycles. The van der Waals surface area contributed by atoms with Crippen molar-refractivity contribution in [3.8, 4) is 0 Å². The first-order valence-electron chi connectivity index (χ1n) is 5.87. The molecule has 0 aromatic carbocycles. The molecule has 0 bridgehead atoms. The van der Waals surface area contributed by atoms with E-state index in [4.69, 9.17) is 5.73 Å². The maximum absolute atomic E-state index is 5.97. The zero-order valence-electron chi connectivity index (χ0n) is 9.11. The van der Waals surface area contributed by atoms with Gasteiger partial charge in [-0.1, -0.05) is 6.92 Å². The standard InChI is InChI=1S/C11H22N2S/c1-9-4-5-13(6-7-14-9)11-3-2-10(12)8-11/h9-11H,2-8,12H2,1H3. The Balaban J connectivity index is 1.84. The van der Waals surface area contributed by atoms with Crippen molar-refractivity contribution in [1.29, 1.82) is 0 Å². The van der Waals surface area contributed by atoms with E-state index in [1.54, 1.807) is 0 Å². The van der Waals surface area contributed by atoms with Crippen LogP contribution in [0, 0.1) is 0 Å². The Morgan fingerprint density at radius 2 is 2.07 bits per heavy atom. The number of thioether (sulfide) groups is 1. The lowest BCUT2D eigenvalue weighted by atomic mass is 10.2. The van der Waals surface area contributed by atoms with Gasteiger partial charge in [-0.2, -0.15) is 11.8 Å². The van der Waals surface area contributed by atoms with Crippen molar-refractivity contribution in [2.45, 2.75) is 49.9 Å². The van der Waals surface area contributed by atoms with Crippen molar-refractivity contribution in [1.82, 2.24) is 4.90 Å². The third-order valence-corrected chi connectivity index (χ3v) is 4.79. The predicted molar refractivity (Wildman–Crippen MR) is 63.7 cm³/mol. The Kier molecular flexibility index (Phi) is 3.74. The molecule has 82 valence electrons. The average Bonchev–Trinajstić information content (AvgIpc) is 2.46. The van der Waals surface area contributed by atoms with Crippen LogP contribution in [0.25, 0.3) is 0 Å². The van der Waals surface area contributed by atoms with Crippen LogP contribution in [0.3, 0.4) is 0 Å². The first-order valence-corrected chi connectivity index (χ1v) is 6.92. The summed E-state index contributed by atoms with van der Waals surface area (Å²) in [5.74, 6) is 1.31. The molecule has 2 fully saturated rings. The van der Waals surface area contributed by atoms with E-state index in [1.165, 1.54) is 44.5 Å². The molecule has 3 unspecified atom stereocenters. The quantitative estimate of drug-likeness (QED) is 0.720. The molecule has 2 rings (SSSR count). The number of hydrogen-bond donors (Lipinski definition) is 1. The topological polar surface area (TPSA) is 29.3 Å². The second kappa shape index (κ2) is 4.86. The van der Waals surface area contributed by atoms with Crippen LogP contribution in [0.15, 0.2) is 0 Å². The molecule has 0 spiro atoms. The van der Waals surface area contributed by atoms with Gasteiger partial charge in [0.1, 0.15) is 0 Å². The highest BCUT2D eigenvalue weighted by Crippen LogP contribution is 2.26. The fourth-order valence-corrected chi connectivity index (χ4v) is 3.62. The molecular weight excluding hydrogens is 192 g/mol. The van der Waals surface area contributed by atoms with Crippen molar-refractivity contribution in [2.24, 2.45) is 5.73 Å². The molecule has 1 saturated carbocycles. The van der Waals surface area contributed by atoms with Gasteiger partial charge in [0.05, 0.1) is 0 Å². The molecule has 1 saturated heterocycles. The van der Waals surface area contributed by atoms with Crippen LogP contribution in [0.4, 0.5) is 0 Å². The first kappa shape index (κ1) is 10.8. The molecule has 2 N–H and O–H groups in total. The van der Waals surface area contributed by atoms with Crippen LogP contribution in [0.2, 0.25) is 0 Å². The van der Waals surface area contributed by atoms with Crippen LogP contribution < -0.4 is 5.73 Å². The van der Waals surface area contributed by atoms with Crippen LogP contribution in [0.1, 0.15) is 32.6 Å². The summed E-state index contributed by atoms with van der Waals surface area (Å²) in [5.41, 5.74) is 5.97. The zero-order chi connectivity index (χ0) is 9.97. The minimum Gasteiger partial charge on any atom is -0.328 e. The molecule has 0 aromatic heterocycles. The lowest BCUT2D eigenvalue weighted by molar-refractivity contribution is 0.210. The third-order valence-electron chi connectivity index (χ3n) is 3.57. The van der Waals surface area contributed by atoms with E-state index in [1.807, 2.05) is 0 Å². The van der Waals surface area contributed by atoms with Crippen molar-refractivity contribution >= 4 is 11.8 Å². The van der Waals surface area contributed by atoms with Gasteiger partial charge in [-0.05, 0) is 32.2 Å². The maximum atomic E-state index is 5.97. The van der Waals surface area contributed by atoms with E-state index >= 15 is 0 Å². The van der Waals surface area contributed by atoms with E-state index in [0.29, 0.717) is 6.04 Å². The zero-order valence-corrected chi connectivity index (χ0v) is 9.93. The Morgan fingerprint density at radius 3 is 2.79 bits per heavy atom. The Bertz CT molecular complexity index is 186. The molecule has 0 aromatic rings. The summed E-state index contributed by atoms with van der Waals surface area (Å²) in [4.78, 5) is 2.68. The van der Waals surface area contributed by atoms with Crippen LogP contribution >= 0.6 is 11.8 Å².